The highest BCUT2D eigenvalue weighted by Gasteiger charge is 2.18. The molecule has 0 aliphatic rings. The predicted molar refractivity (Wildman–Crippen MR) is 110 cm³/mol. The molecular formula is C20H19BrN2O3S. The van der Waals surface area contributed by atoms with Gasteiger partial charge in [-0.15, -0.1) is 11.8 Å². The molecule has 1 amide bonds. The van der Waals surface area contributed by atoms with Gasteiger partial charge in [0.25, 0.3) is 5.91 Å². The summed E-state index contributed by atoms with van der Waals surface area (Å²) in [5.74, 6) is -0.795. The summed E-state index contributed by atoms with van der Waals surface area (Å²) in [7, 11) is 0. The Morgan fingerprint density at radius 3 is 2.70 bits per heavy atom. The summed E-state index contributed by atoms with van der Waals surface area (Å²) in [4.78, 5) is 25.2. The molecule has 0 aliphatic heterocycles. The lowest BCUT2D eigenvalue weighted by molar-refractivity contribution is -0.150. The van der Waals surface area contributed by atoms with Crippen molar-refractivity contribution < 1.29 is 14.3 Å². The number of thioether (sulfide) groups is 1. The summed E-state index contributed by atoms with van der Waals surface area (Å²) in [6.07, 6.45) is -0.934. The average molecular weight is 447 g/mol. The summed E-state index contributed by atoms with van der Waals surface area (Å²) in [5.41, 5.74) is 3.07. The van der Waals surface area contributed by atoms with Gasteiger partial charge in [-0.2, -0.15) is 5.26 Å². The van der Waals surface area contributed by atoms with Crippen molar-refractivity contribution in [2.45, 2.75) is 31.8 Å². The van der Waals surface area contributed by atoms with Gasteiger partial charge in [0.1, 0.15) is 0 Å². The maximum atomic E-state index is 12.2. The zero-order valence-corrected chi connectivity index (χ0v) is 17.6. The van der Waals surface area contributed by atoms with Crippen LogP contribution in [-0.4, -0.2) is 23.7 Å². The van der Waals surface area contributed by atoms with E-state index in [1.165, 1.54) is 18.7 Å². The quantitative estimate of drug-likeness (QED) is 0.517. The lowest BCUT2D eigenvalue weighted by atomic mass is 10.2. The van der Waals surface area contributed by atoms with Gasteiger partial charge in [-0.1, -0.05) is 22.0 Å². The number of nitrogens with one attached hydrogen (secondary N) is 1. The molecule has 0 heterocycles. The fourth-order valence-corrected chi connectivity index (χ4v) is 3.59. The number of carbonyl (C=O) groups is 2. The Morgan fingerprint density at radius 2 is 2.00 bits per heavy atom. The topological polar surface area (TPSA) is 79.2 Å². The number of nitriles is 1. The van der Waals surface area contributed by atoms with Crippen LogP contribution in [-0.2, 0) is 14.3 Å². The molecular weight excluding hydrogens is 428 g/mol. The van der Waals surface area contributed by atoms with Crippen LogP contribution in [0.5, 0.6) is 0 Å². The first-order chi connectivity index (χ1) is 12.8. The number of benzene rings is 2. The number of carbonyl (C=O) groups excluding carboxylic acids is 2. The Balaban J connectivity index is 1.88. The van der Waals surface area contributed by atoms with E-state index in [0.717, 1.165) is 20.5 Å². The molecule has 1 unspecified atom stereocenters. The number of esters is 1. The van der Waals surface area contributed by atoms with E-state index in [1.54, 1.807) is 24.3 Å². The van der Waals surface area contributed by atoms with Crippen LogP contribution >= 0.6 is 27.7 Å². The van der Waals surface area contributed by atoms with E-state index in [1.807, 2.05) is 32.0 Å². The van der Waals surface area contributed by atoms with Gasteiger partial charge in [0.05, 0.1) is 17.4 Å². The van der Waals surface area contributed by atoms with Crippen molar-refractivity contribution in [1.29, 1.82) is 5.26 Å². The van der Waals surface area contributed by atoms with Gasteiger partial charge in [-0.05, 0) is 62.2 Å². The Morgan fingerprint density at radius 1 is 1.26 bits per heavy atom. The summed E-state index contributed by atoms with van der Waals surface area (Å²) in [6.45, 7) is 5.48. The molecule has 140 valence electrons. The number of hydrogen-bond acceptors (Lipinski definition) is 5. The van der Waals surface area contributed by atoms with Crippen LogP contribution in [0.1, 0.15) is 23.6 Å². The minimum atomic E-state index is -0.934. The molecule has 0 saturated heterocycles. The third kappa shape index (κ3) is 6.12. The second-order valence-corrected chi connectivity index (χ2v) is 7.84. The molecule has 0 radical (unpaired) electrons. The highest BCUT2D eigenvalue weighted by molar-refractivity contribution is 9.10. The van der Waals surface area contributed by atoms with Crippen LogP contribution in [0, 0.1) is 25.2 Å². The largest absolute Gasteiger partial charge is 0.452 e. The van der Waals surface area contributed by atoms with Crippen LogP contribution in [0.15, 0.2) is 45.8 Å². The third-order valence-electron chi connectivity index (χ3n) is 3.74. The SMILES string of the molecule is Cc1cc(SCC(=O)OC(C)C(=O)Nc2cccc(C#N)c2)c(C)cc1Br. The predicted octanol–water partition coefficient (Wildman–Crippen LogP) is 4.60. The summed E-state index contributed by atoms with van der Waals surface area (Å²) >= 11 is 4.86. The second kappa shape index (κ2) is 9.58. The van der Waals surface area contributed by atoms with Gasteiger partial charge < -0.3 is 10.1 Å². The number of anilines is 1. The first-order valence-electron chi connectivity index (χ1n) is 8.20. The molecule has 0 saturated carbocycles. The first-order valence-corrected chi connectivity index (χ1v) is 9.98. The van der Waals surface area contributed by atoms with Gasteiger partial charge in [-0.3, -0.25) is 9.59 Å². The Bertz CT molecular complexity index is 909. The van der Waals surface area contributed by atoms with Gasteiger partial charge in [0, 0.05) is 15.1 Å². The maximum absolute atomic E-state index is 12.2. The van der Waals surface area contributed by atoms with Crippen molar-refractivity contribution in [1.82, 2.24) is 0 Å². The van der Waals surface area contributed by atoms with Crippen LogP contribution < -0.4 is 5.32 Å². The van der Waals surface area contributed by atoms with E-state index < -0.39 is 18.0 Å². The van der Waals surface area contributed by atoms with Crippen molar-refractivity contribution in [2.24, 2.45) is 0 Å². The zero-order chi connectivity index (χ0) is 20.0. The van der Waals surface area contributed by atoms with Crippen molar-refractivity contribution in [2.75, 3.05) is 11.1 Å². The standard InChI is InChI=1S/C20H19BrN2O3S/c1-12-8-18(13(2)7-17(12)21)27-11-19(24)26-14(3)20(25)23-16-6-4-5-15(9-16)10-22/h4-9,14H,11H2,1-3H3,(H,23,25). The van der Waals surface area contributed by atoms with Crippen molar-refractivity contribution >= 4 is 45.3 Å². The van der Waals surface area contributed by atoms with Crippen LogP contribution in [0.4, 0.5) is 5.69 Å². The van der Waals surface area contributed by atoms with Gasteiger partial charge in [0.2, 0.25) is 0 Å². The average Bonchev–Trinajstić information content (AvgIpc) is 2.63. The third-order valence-corrected chi connectivity index (χ3v) is 5.72. The van der Waals surface area contributed by atoms with Crippen molar-refractivity contribution in [3.8, 4) is 6.07 Å². The number of ether oxygens (including phenoxy) is 1. The number of nitrogens with zero attached hydrogens (tertiary/aromatic N) is 1. The van der Waals surface area contributed by atoms with Crippen LogP contribution in [0.25, 0.3) is 0 Å². The highest BCUT2D eigenvalue weighted by Crippen LogP contribution is 2.28. The second-order valence-electron chi connectivity index (χ2n) is 5.97. The molecule has 0 aromatic heterocycles. The summed E-state index contributed by atoms with van der Waals surface area (Å²) < 4.78 is 6.24. The van der Waals surface area contributed by atoms with E-state index in [0.29, 0.717) is 11.3 Å². The van der Waals surface area contributed by atoms with Crippen LogP contribution in [0.3, 0.4) is 0 Å². The highest BCUT2D eigenvalue weighted by atomic mass is 79.9. The Hall–Kier alpha value is -2.30. The molecule has 1 N–H and O–H groups in total. The number of aryl methyl sites for hydroxylation is 2. The normalized spacial score (nSPS) is 11.4. The minimum Gasteiger partial charge on any atom is -0.452 e. The van der Waals surface area contributed by atoms with Gasteiger partial charge in [0.15, 0.2) is 6.10 Å². The molecule has 0 fully saturated rings. The maximum Gasteiger partial charge on any atom is 0.317 e. The van der Waals surface area contributed by atoms with E-state index >= 15 is 0 Å². The first kappa shape index (κ1) is 21.0. The molecule has 27 heavy (non-hydrogen) atoms. The van der Waals surface area contributed by atoms with E-state index in [-0.39, 0.29) is 5.75 Å². The minimum absolute atomic E-state index is 0.115. The molecule has 2 aromatic carbocycles. The molecule has 0 bridgehead atoms. The lowest BCUT2D eigenvalue weighted by Crippen LogP contribution is -2.30. The number of halogens is 1. The zero-order valence-electron chi connectivity index (χ0n) is 15.2. The number of rotatable bonds is 6. The van der Waals surface area contributed by atoms with E-state index in [9.17, 15) is 9.59 Å². The van der Waals surface area contributed by atoms with Gasteiger partial charge >= 0.3 is 5.97 Å². The number of hydrogen-bond donors (Lipinski definition) is 1. The van der Waals surface area contributed by atoms with Crippen molar-refractivity contribution in [3.05, 3.63) is 57.6 Å². The summed E-state index contributed by atoms with van der Waals surface area (Å²) in [5, 5.41) is 11.5. The number of amides is 1. The smallest absolute Gasteiger partial charge is 0.317 e. The molecule has 7 heteroatoms. The molecule has 2 rings (SSSR count). The monoisotopic (exact) mass is 446 g/mol. The molecule has 0 aliphatic carbocycles. The lowest BCUT2D eigenvalue weighted by Gasteiger charge is -2.14. The molecule has 2 aromatic rings. The molecule has 0 spiro atoms. The van der Waals surface area contributed by atoms with Crippen molar-refractivity contribution in [3.63, 3.8) is 0 Å². The molecule has 5 nitrogen and oxygen atoms in total. The fraction of sp³-hybridized carbons (Fsp3) is 0.250. The van der Waals surface area contributed by atoms with Crippen LogP contribution in [0.2, 0.25) is 0 Å². The summed E-state index contributed by atoms with van der Waals surface area (Å²) in [6, 6.07) is 12.6. The van der Waals surface area contributed by atoms with E-state index in [4.69, 9.17) is 10.00 Å². The molecule has 1 atom stereocenters. The Kier molecular flexibility index (Phi) is 7.45. The fourth-order valence-electron chi connectivity index (χ4n) is 2.24. The van der Waals surface area contributed by atoms with Gasteiger partial charge in [-0.25, -0.2) is 0 Å². The Labute approximate surface area is 171 Å². The van der Waals surface area contributed by atoms with E-state index in [2.05, 4.69) is 21.2 Å².